The summed E-state index contributed by atoms with van der Waals surface area (Å²) in [6.45, 7) is 3.63. The predicted octanol–water partition coefficient (Wildman–Crippen LogP) is 6.22. The number of aromatic carboxylic acids is 1. The number of hydrogen-bond acceptors (Lipinski definition) is 2. The normalized spacial score (nSPS) is 11.0. The van der Waals surface area contributed by atoms with Gasteiger partial charge in [-0.3, -0.25) is 0 Å². The lowest BCUT2D eigenvalue weighted by Crippen LogP contribution is -2.35. The molecule has 3 heteroatoms. The Hall–Kier alpha value is -1.35. The minimum absolute atomic E-state index is 0.220. The van der Waals surface area contributed by atoms with Crippen LogP contribution in [-0.4, -0.2) is 38.1 Å². The lowest BCUT2D eigenvalue weighted by Gasteiger charge is -2.23. The number of hydrogen-bond donors (Lipinski definition) is 0. The van der Waals surface area contributed by atoms with Crippen molar-refractivity contribution < 1.29 is 14.4 Å². The number of carbonyl (C=O) groups is 1. The highest BCUT2D eigenvalue weighted by atomic mass is 16.4. The summed E-state index contributed by atoms with van der Waals surface area (Å²) in [5.41, 5.74) is 0.220. The molecule has 168 valence electrons. The Labute approximate surface area is 181 Å². The fourth-order valence-corrected chi connectivity index (χ4v) is 3.35. The summed E-state index contributed by atoms with van der Waals surface area (Å²) in [6.07, 6.45) is 20.4. The molecule has 0 aliphatic rings. The Balaban J connectivity index is 0.000000717. The van der Waals surface area contributed by atoms with Crippen LogP contribution in [0.5, 0.6) is 0 Å². The Morgan fingerprint density at radius 2 is 1.07 bits per heavy atom. The van der Waals surface area contributed by atoms with Crippen LogP contribution in [-0.2, 0) is 0 Å². The standard InChI is InChI=1S/C19H42N.C7H6O2/c1-5-6-7-8-9-10-11-12-13-14-15-16-17-18-19-20(2,3)4;8-7(9)6-4-2-1-3-5-6/h5-19H2,1-4H3;1-5H,(H,8,9)/q+1;/p-1. The van der Waals surface area contributed by atoms with Gasteiger partial charge in [0, 0.05) is 0 Å². The lowest BCUT2D eigenvalue weighted by atomic mass is 10.0. The highest BCUT2D eigenvalue weighted by Crippen LogP contribution is 2.13. The Kier molecular flexibility index (Phi) is 17.8. The monoisotopic (exact) mass is 405 g/mol. The average molecular weight is 406 g/mol. The van der Waals surface area contributed by atoms with Gasteiger partial charge >= 0.3 is 0 Å². The Bertz CT molecular complexity index is 479. The largest absolute Gasteiger partial charge is 0.545 e. The fourth-order valence-electron chi connectivity index (χ4n) is 3.35. The number of benzene rings is 1. The van der Waals surface area contributed by atoms with Crippen molar-refractivity contribution in [2.45, 2.75) is 96.8 Å². The first kappa shape index (κ1) is 27.6. The maximum Gasteiger partial charge on any atom is 0.0780 e. The van der Waals surface area contributed by atoms with Crippen molar-refractivity contribution >= 4 is 5.97 Å². The number of carboxylic acid groups (broad SMARTS) is 1. The highest BCUT2D eigenvalue weighted by molar-refractivity contribution is 5.85. The summed E-state index contributed by atoms with van der Waals surface area (Å²) in [7, 11) is 6.88. The second-order valence-corrected chi connectivity index (χ2v) is 9.26. The van der Waals surface area contributed by atoms with Crippen LogP contribution in [0.3, 0.4) is 0 Å². The number of carboxylic acids is 1. The van der Waals surface area contributed by atoms with Crippen molar-refractivity contribution in [3.63, 3.8) is 0 Å². The van der Waals surface area contributed by atoms with Crippen LogP contribution in [0.25, 0.3) is 0 Å². The minimum atomic E-state index is -1.13. The molecule has 0 spiro atoms. The molecule has 0 saturated carbocycles. The van der Waals surface area contributed by atoms with Crippen molar-refractivity contribution in [1.29, 1.82) is 0 Å². The molecule has 0 bridgehead atoms. The molecule has 0 saturated heterocycles. The number of quaternary nitrogens is 1. The zero-order valence-electron chi connectivity index (χ0n) is 19.8. The molecule has 0 amide bonds. The minimum Gasteiger partial charge on any atom is -0.545 e. The zero-order chi connectivity index (χ0) is 21.8. The second-order valence-electron chi connectivity index (χ2n) is 9.26. The van der Waals surface area contributed by atoms with Gasteiger partial charge in [0.1, 0.15) is 0 Å². The van der Waals surface area contributed by atoms with E-state index in [2.05, 4.69) is 28.1 Å². The molecule has 1 rings (SSSR count). The van der Waals surface area contributed by atoms with Gasteiger partial charge in [-0.1, -0.05) is 114 Å². The third-order valence-corrected chi connectivity index (χ3v) is 5.19. The van der Waals surface area contributed by atoms with Gasteiger partial charge in [-0.15, -0.1) is 0 Å². The molecule has 0 fully saturated rings. The van der Waals surface area contributed by atoms with Gasteiger partial charge < -0.3 is 14.4 Å². The van der Waals surface area contributed by atoms with E-state index in [0.717, 1.165) is 4.48 Å². The molecular weight excluding hydrogens is 358 g/mol. The molecule has 0 N–H and O–H groups in total. The molecule has 0 aromatic heterocycles. The molecule has 0 aliphatic carbocycles. The van der Waals surface area contributed by atoms with E-state index in [0.29, 0.717) is 0 Å². The van der Waals surface area contributed by atoms with Crippen molar-refractivity contribution in [2.24, 2.45) is 0 Å². The average Bonchev–Trinajstić information content (AvgIpc) is 2.68. The molecule has 0 radical (unpaired) electrons. The van der Waals surface area contributed by atoms with Crippen LogP contribution in [0, 0.1) is 0 Å². The van der Waals surface area contributed by atoms with Crippen molar-refractivity contribution in [2.75, 3.05) is 27.7 Å². The topological polar surface area (TPSA) is 40.1 Å². The van der Waals surface area contributed by atoms with Crippen LogP contribution >= 0.6 is 0 Å². The van der Waals surface area contributed by atoms with Gasteiger partial charge in [0.2, 0.25) is 0 Å². The molecule has 0 atom stereocenters. The Morgan fingerprint density at radius 1 is 0.690 bits per heavy atom. The van der Waals surface area contributed by atoms with Gasteiger partial charge in [0.15, 0.2) is 0 Å². The van der Waals surface area contributed by atoms with Gasteiger partial charge in [-0.25, -0.2) is 0 Å². The van der Waals surface area contributed by atoms with E-state index in [1.54, 1.807) is 18.2 Å². The molecule has 3 nitrogen and oxygen atoms in total. The first-order chi connectivity index (χ1) is 13.9. The van der Waals surface area contributed by atoms with Gasteiger partial charge in [0.25, 0.3) is 0 Å². The summed E-state index contributed by atoms with van der Waals surface area (Å²) >= 11 is 0. The summed E-state index contributed by atoms with van der Waals surface area (Å²) in [5.74, 6) is -1.13. The summed E-state index contributed by atoms with van der Waals surface area (Å²) < 4.78 is 1.12. The van der Waals surface area contributed by atoms with Gasteiger partial charge in [0.05, 0.1) is 33.7 Å². The third kappa shape index (κ3) is 21.2. The summed E-state index contributed by atoms with van der Waals surface area (Å²) in [6, 6.07) is 8.06. The Morgan fingerprint density at radius 3 is 1.38 bits per heavy atom. The van der Waals surface area contributed by atoms with Crippen LogP contribution in [0.2, 0.25) is 0 Å². The van der Waals surface area contributed by atoms with Gasteiger partial charge in [-0.2, -0.15) is 0 Å². The number of unbranched alkanes of at least 4 members (excludes halogenated alkanes) is 13. The van der Waals surface area contributed by atoms with Crippen LogP contribution < -0.4 is 5.11 Å². The van der Waals surface area contributed by atoms with Crippen molar-refractivity contribution in [3.05, 3.63) is 35.9 Å². The summed E-state index contributed by atoms with van der Waals surface area (Å²) in [4.78, 5) is 10.1. The van der Waals surface area contributed by atoms with E-state index < -0.39 is 5.97 Å². The van der Waals surface area contributed by atoms with Crippen molar-refractivity contribution in [1.82, 2.24) is 0 Å². The van der Waals surface area contributed by atoms with Crippen LogP contribution in [0.1, 0.15) is 107 Å². The maximum absolute atomic E-state index is 10.1. The molecule has 0 unspecified atom stereocenters. The van der Waals surface area contributed by atoms with Crippen LogP contribution in [0.15, 0.2) is 30.3 Å². The smallest absolute Gasteiger partial charge is 0.0780 e. The fraction of sp³-hybridized carbons (Fsp3) is 0.731. The van der Waals surface area contributed by atoms with E-state index in [9.17, 15) is 9.90 Å². The maximum atomic E-state index is 10.1. The number of rotatable bonds is 16. The van der Waals surface area contributed by atoms with E-state index in [-0.39, 0.29) is 5.56 Å². The number of nitrogens with zero attached hydrogens (tertiary/aromatic N) is 1. The van der Waals surface area contributed by atoms with E-state index in [4.69, 9.17) is 0 Å². The zero-order valence-corrected chi connectivity index (χ0v) is 19.8. The van der Waals surface area contributed by atoms with E-state index in [1.165, 1.54) is 109 Å². The molecule has 0 heterocycles. The molecular formula is C26H47NO2. The molecule has 0 aliphatic heterocycles. The first-order valence-corrected chi connectivity index (χ1v) is 11.9. The van der Waals surface area contributed by atoms with Crippen molar-refractivity contribution in [3.8, 4) is 0 Å². The SMILES string of the molecule is CCCCCCCCCCCCCCCC[N+](C)(C)C.O=C([O-])c1ccccc1. The molecule has 1 aromatic rings. The quantitative estimate of drug-likeness (QED) is 0.242. The number of carbonyl (C=O) groups excluding carboxylic acids is 1. The first-order valence-electron chi connectivity index (χ1n) is 11.9. The van der Waals surface area contributed by atoms with E-state index >= 15 is 0 Å². The molecule has 1 aromatic carbocycles. The lowest BCUT2D eigenvalue weighted by molar-refractivity contribution is -0.870. The predicted molar refractivity (Wildman–Crippen MR) is 124 cm³/mol. The third-order valence-electron chi connectivity index (χ3n) is 5.19. The highest BCUT2D eigenvalue weighted by Gasteiger charge is 2.04. The summed E-state index contributed by atoms with van der Waals surface area (Å²) in [5, 5.41) is 10.1. The van der Waals surface area contributed by atoms with E-state index in [1.807, 2.05) is 0 Å². The van der Waals surface area contributed by atoms with Gasteiger partial charge in [-0.05, 0) is 18.4 Å². The second kappa shape index (κ2) is 18.7. The molecule has 29 heavy (non-hydrogen) atoms. The van der Waals surface area contributed by atoms with Crippen LogP contribution in [0.4, 0.5) is 0 Å².